The third-order valence-electron chi connectivity index (χ3n) is 3.24. The van der Waals surface area contributed by atoms with Gasteiger partial charge in [-0.3, -0.25) is 4.79 Å². The lowest BCUT2D eigenvalue weighted by molar-refractivity contribution is -0.114. The third kappa shape index (κ3) is 5.09. The summed E-state index contributed by atoms with van der Waals surface area (Å²) in [5.74, 6) is -0.548. The molecule has 1 amide bonds. The molecule has 5 nitrogen and oxygen atoms in total. The number of carbonyl (C=O) groups is 2. The molecule has 0 spiro atoms. The van der Waals surface area contributed by atoms with Crippen LogP contribution in [0.25, 0.3) is 0 Å². The molecule has 0 heterocycles. The fourth-order valence-corrected chi connectivity index (χ4v) is 2.68. The lowest BCUT2D eigenvalue weighted by atomic mass is 10.2. The molecule has 126 valence electrons. The highest BCUT2D eigenvalue weighted by atomic mass is 79.9. The van der Waals surface area contributed by atoms with Crippen molar-refractivity contribution in [2.75, 3.05) is 23.8 Å². The molecule has 2 aromatic carbocycles. The SMILES string of the molecule is CCOC(=O)c1ccc(NC(=O)CNc2ccc(C)cc2Br)cc1. The minimum Gasteiger partial charge on any atom is -0.462 e. The highest BCUT2D eigenvalue weighted by Crippen LogP contribution is 2.23. The summed E-state index contributed by atoms with van der Waals surface area (Å²) in [6.07, 6.45) is 0. The summed E-state index contributed by atoms with van der Waals surface area (Å²) in [6.45, 7) is 4.23. The van der Waals surface area contributed by atoms with E-state index in [1.54, 1.807) is 31.2 Å². The topological polar surface area (TPSA) is 67.4 Å². The van der Waals surface area contributed by atoms with Crippen LogP contribution >= 0.6 is 15.9 Å². The quantitative estimate of drug-likeness (QED) is 0.731. The Balaban J connectivity index is 1.89. The Morgan fingerprint density at radius 2 is 1.83 bits per heavy atom. The number of benzene rings is 2. The monoisotopic (exact) mass is 390 g/mol. The molecule has 2 N–H and O–H groups in total. The van der Waals surface area contributed by atoms with Crippen LogP contribution in [-0.2, 0) is 9.53 Å². The van der Waals surface area contributed by atoms with Crippen LogP contribution in [0.1, 0.15) is 22.8 Å². The number of hydrogen-bond donors (Lipinski definition) is 2. The van der Waals surface area contributed by atoms with E-state index in [4.69, 9.17) is 4.74 Å². The second-order valence-electron chi connectivity index (χ2n) is 5.18. The molecule has 0 aromatic heterocycles. The summed E-state index contributed by atoms with van der Waals surface area (Å²) < 4.78 is 5.83. The fraction of sp³-hybridized carbons (Fsp3) is 0.222. The lowest BCUT2D eigenvalue weighted by Crippen LogP contribution is -2.21. The van der Waals surface area contributed by atoms with Crippen molar-refractivity contribution in [3.05, 3.63) is 58.1 Å². The van der Waals surface area contributed by atoms with E-state index in [0.29, 0.717) is 17.9 Å². The first-order valence-electron chi connectivity index (χ1n) is 7.56. The Bertz CT molecular complexity index is 730. The van der Waals surface area contributed by atoms with Gasteiger partial charge in [0, 0.05) is 15.8 Å². The van der Waals surface area contributed by atoms with Crippen LogP contribution in [-0.4, -0.2) is 25.0 Å². The summed E-state index contributed by atoms with van der Waals surface area (Å²) >= 11 is 3.46. The van der Waals surface area contributed by atoms with Crippen molar-refractivity contribution < 1.29 is 14.3 Å². The lowest BCUT2D eigenvalue weighted by Gasteiger charge is -2.10. The van der Waals surface area contributed by atoms with Gasteiger partial charge in [0.25, 0.3) is 0 Å². The Hall–Kier alpha value is -2.34. The Morgan fingerprint density at radius 1 is 1.12 bits per heavy atom. The van der Waals surface area contributed by atoms with Crippen molar-refractivity contribution in [1.82, 2.24) is 0 Å². The molecule has 6 heteroatoms. The van der Waals surface area contributed by atoms with E-state index in [-0.39, 0.29) is 18.4 Å². The van der Waals surface area contributed by atoms with E-state index in [1.807, 2.05) is 25.1 Å². The standard InChI is InChI=1S/C18H19BrN2O3/c1-3-24-18(23)13-5-7-14(8-6-13)21-17(22)11-20-16-9-4-12(2)10-15(16)19/h4-10,20H,3,11H2,1-2H3,(H,21,22). The van der Waals surface area contributed by atoms with Crippen LogP contribution in [0.3, 0.4) is 0 Å². The first-order chi connectivity index (χ1) is 11.5. The molecular weight excluding hydrogens is 372 g/mol. The zero-order chi connectivity index (χ0) is 17.5. The first-order valence-corrected chi connectivity index (χ1v) is 8.36. The first kappa shape index (κ1) is 18.0. The van der Waals surface area contributed by atoms with E-state index in [2.05, 4.69) is 26.6 Å². The molecular formula is C18H19BrN2O3. The van der Waals surface area contributed by atoms with Crippen LogP contribution in [0.4, 0.5) is 11.4 Å². The van der Waals surface area contributed by atoms with Gasteiger partial charge in [0.15, 0.2) is 0 Å². The number of nitrogens with one attached hydrogen (secondary N) is 2. The molecule has 0 saturated heterocycles. The molecule has 2 rings (SSSR count). The largest absolute Gasteiger partial charge is 0.462 e. The van der Waals surface area contributed by atoms with E-state index in [0.717, 1.165) is 15.7 Å². The van der Waals surface area contributed by atoms with Gasteiger partial charge < -0.3 is 15.4 Å². The molecule has 0 bridgehead atoms. The molecule has 0 saturated carbocycles. The maximum atomic E-state index is 12.0. The number of halogens is 1. The second-order valence-corrected chi connectivity index (χ2v) is 6.04. The summed E-state index contributed by atoms with van der Waals surface area (Å²) in [5.41, 5.74) is 3.07. The minimum absolute atomic E-state index is 0.140. The van der Waals surface area contributed by atoms with Gasteiger partial charge in [-0.15, -0.1) is 0 Å². The molecule has 0 aliphatic carbocycles. The summed E-state index contributed by atoms with van der Waals surface area (Å²) in [4.78, 5) is 23.6. The highest BCUT2D eigenvalue weighted by Gasteiger charge is 2.08. The van der Waals surface area contributed by atoms with Gasteiger partial charge in [-0.2, -0.15) is 0 Å². The summed E-state index contributed by atoms with van der Waals surface area (Å²) in [6, 6.07) is 12.5. The van der Waals surface area contributed by atoms with Crippen molar-refractivity contribution in [2.45, 2.75) is 13.8 Å². The van der Waals surface area contributed by atoms with Gasteiger partial charge in [-0.05, 0) is 71.7 Å². The molecule has 0 aliphatic heterocycles. The summed E-state index contributed by atoms with van der Waals surface area (Å²) in [5, 5.41) is 5.85. The van der Waals surface area contributed by atoms with Gasteiger partial charge in [0.2, 0.25) is 5.91 Å². The number of anilines is 2. The number of aryl methyl sites for hydroxylation is 1. The smallest absolute Gasteiger partial charge is 0.338 e. The van der Waals surface area contributed by atoms with E-state index in [9.17, 15) is 9.59 Å². The zero-order valence-corrected chi connectivity index (χ0v) is 15.1. The molecule has 2 aromatic rings. The van der Waals surface area contributed by atoms with Gasteiger partial charge in [0.1, 0.15) is 0 Å². The Kier molecular flexibility index (Phi) is 6.37. The molecule has 0 unspecified atom stereocenters. The molecule has 0 atom stereocenters. The van der Waals surface area contributed by atoms with Crippen molar-refractivity contribution in [2.24, 2.45) is 0 Å². The van der Waals surface area contributed by atoms with Gasteiger partial charge in [-0.1, -0.05) is 6.07 Å². The number of hydrogen-bond acceptors (Lipinski definition) is 4. The number of amides is 1. The predicted molar refractivity (Wildman–Crippen MR) is 98.4 cm³/mol. The normalized spacial score (nSPS) is 10.1. The average molecular weight is 391 g/mol. The maximum absolute atomic E-state index is 12.0. The van der Waals surface area contributed by atoms with Crippen molar-refractivity contribution in [3.63, 3.8) is 0 Å². The Labute approximate surface area is 149 Å². The minimum atomic E-state index is -0.374. The van der Waals surface area contributed by atoms with Crippen LogP contribution in [0.15, 0.2) is 46.9 Å². The molecule has 0 radical (unpaired) electrons. The average Bonchev–Trinajstić information content (AvgIpc) is 2.55. The molecule has 0 fully saturated rings. The van der Waals surface area contributed by atoms with Crippen LogP contribution in [0.5, 0.6) is 0 Å². The van der Waals surface area contributed by atoms with Crippen LogP contribution < -0.4 is 10.6 Å². The fourth-order valence-electron chi connectivity index (χ4n) is 2.05. The zero-order valence-electron chi connectivity index (χ0n) is 13.6. The van der Waals surface area contributed by atoms with Gasteiger partial charge in [0.05, 0.1) is 18.7 Å². The maximum Gasteiger partial charge on any atom is 0.338 e. The predicted octanol–water partition coefficient (Wildman–Crippen LogP) is 3.98. The number of rotatable bonds is 6. The van der Waals surface area contributed by atoms with Crippen LogP contribution in [0, 0.1) is 6.92 Å². The highest BCUT2D eigenvalue weighted by molar-refractivity contribution is 9.10. The molecule has 24 heavy (non-hydrogen) atoms. The van der Waals surface area contributed by atoms with E-state index < -0.39 is 0 Å². The number of esters is 1. The number of ether oxygens (including phenoxy) is 1. The van der Waals surface area contributed by atoms with Crippen molar-refractivity contribution in [1.29, 1.82) is 0 Å². The van der Waals surface area contributed by atoms with E-state index in [1.165, 1.54) is 0 Å². The summed E-state index contributed by atoms with van der Waals surface area (Å²) in [7, 11) is 0. The van der Waals surface area contributed by atoms with Gasteiger partial charge in [-0.25, -0.2) is 4.79 Å². The van der Waals surface area contributed by atoms with Crippen LogP contribution in [0.2, 0.25) is 0 Å². The van der Waals surface area contributed by atoms with Gasteiger partial charge >= 0.3 is 5.97 Å². The third-order valence-corrected chi connectivity index (χ3v) is 3.90. The van der Waals surface area contributed by atoms with Crippen molar-refractivity contribution in [3.8, 4) is 0 Å². The Morgan fingerprint density at radius 3 is 2.46 bits per heavy atom. The van der Waals surface area contributed by atoms with Crippen molar-refractivity contribution >= 4 is 39.2 Å². The second kappa shape index (κ2) is 8.49. The number of carbonyl (C=O) groups excluding carboxylic acids is 2. The molecule has 0 aliphatic rings. The van der Waals surface area contributed by atoms with E-state index >= 15 is 0 Å².